The molecule has 0 amide bonds. The van der Waals surface area contributed by atoms with Crippen LogP contribution in [0.1, 0.15) is 25.2 Å². The highest BCUT2D eigenvalue weighted by Gasteiger charge is 2.03. The Balaban J connectivity index is 3.20. The second-order valence-corrected chi connectivity index (χ2v) is 3.37. The lowest BCUT2D eigenvalue weighted by Crippen LogP contribution is -1.94. The Morgan fingerprint density at radius 3 is 2.14 bits per heavy atom. The lowest BCUT2D eigenvalue weighted by Gasteiger charge is -2.04. The molecule has 3 nitrogen and oxygen atoms in total. The quantitative estimate of drug-likeness (QED) is 0.671. The van der Waals surface area contributed by atoms with Crippen molar-refractivity contribution in [1.29, 1.82) is 0 Å². The maximum atomic E-state index is 4.45. The van der Waals surface area contributed by atoms with E-state index in [4.69, 9.17) is 0 Å². The van der Waals surface area contributed by atoms with Crippen LogP contribution in [0.5, 0.6) is 0 Å². The first kappa shape index (κ1) is 10.6. The van der Waals surface area contributed by atoms with E-state index in [1.165, 1.54) is 0 Å². The number of allylic oxidation sites excluding steroid dienone is 1. The summed E-state index contributed by atoms with van der Waals surface area (Å²) in [4.78, 5) is 12.7. The lowest BCUT2D eigenvalue weighted by atomic mass is 10.2. The van der Waals surface area contributed by atoms with Gasteiger partial charge in [-0.3, -0.25) is 0 Å². The molecule has 1 heterocycles. The zero-order valence-corrected chi connectivity index (χ0v) is 9.13. The summed E-state index contributed by atoms with van der Waals surface area (Å²) in [5, 5.41) is 0. The first-order chi connectivity index (χ1) is 6.52. The van der Waals surface area contributed by atoms with Gasteiger partial charge >= 0.3 is 0 Å². The fourth-order valence-electron chi connectivity index (χ4n) is 1.01. The second kappa shape index (κ2) is 4.13. The average Bonchev–Trinajstić information content (AvgIpc) is 2.11. The molecule has 1 aromatic heterocycles. The molecule has 0 N–H and O–H groups in total. The second-order valence-electron chi connectivity index (χ2n) is 3.37. The van der Waals surface area contributed by atoms with Crippen LogP contribution in [0, 0.1) is 13.8 Å². The van der Waals surface area contributed by atoms with Crippen LogP contribution in [0.15, 0.2) is 23.5 Å². The maximum absolute atomic E-state index is 4.45. The zero-order valence-electron chi connectivity index (χ0n) is 9.13. The molecule has 0 saturated carbocycles. The van der Waals surface area contributed by atoms with Crippen molar-refractivity contribution < 1.29 is 0 Å². The van der Waals surface area contributed by atoms with Gasteiger partial charge in [0.1, 0.15) is 12.0 Å². The van der Waals surface area contributed by atoms with Gasteiger partial charge in [0.05, 0.1) is 11.4 Å². The smallest absolute Gasteiger partial charge is 0.116 e. The molecule has 0 aromatic carbocycles. The van der Waals surface area contributed by atoms with Crippen LogP contribution in [0.25, 0.3) is 0 Å². The molecule has 0 aliphatic rings. The molecule has 0 fully saturated rings. The number of aliphatic imine (C=N–C) groups is 1. The fraction of sp³-hybridized carbons (Fsp3) is 0.364. The molecule has 74 valence electrons. The van der Waals surface area contributed by atoms with Crippen LogP contribution in [-0.4, -0.2) is 15.7 Å². The van der Waals surface area contributed by atoms with Gasteiger partial charge in [0.2, 0.25) is 0 Å². The van der Waals surface area contributed by atoms with Gasteiger partial charge < -0.3 is 0 Å². The predicted molar refractivity (Wildman–Crippen MR) is 59.1 cm³/mol. The Kier molecular flexibility index (Phi) is 3.12. The highest BCUT2D eigenvalue weighted by atomic mass is 14.9. The molecule has 14 heavy (non-hydrogen) atoms. The third-order valence-corrected chi connectivity index (χ3v) is 2.09. The maximum Gasteiger partial charge on any atom is 0.116 e. The molecule has 0 saturated heterocycles. The van der Waals surface area contributed by atoms with Crippen molar-refractivity contribution in [2.24, 2.45) is 4.99 Å². The number of aryl methyl sites for hydroxylation is 2. The molecule has 0 radical (unpaired) electrons. The minimum Gasteiger partial charge on any atom is -0.250 e. The molecule has 0 aliphatic carbocycles. The highest BCUT2D eigenvalue weighted by Crippen LogP contribution is 2.19. The number of rotatable bonds is 2. The van der Waals surface area contributed by atoms with Crippen LogP contribution in [0.2, 0.25) is 0 Å². The van der Waals surface area contributed by atoms with Gasteiger partial charge in [-0.05, 0) is 33.3 Å². The van der Waals surface area contributed by atoms with E-state index < -0.39 is 0 Å². The summed E-state index contributed by atoms with van der Waals surface area (Å²) in [6.07, 6.45) is 1.56. The Hall–Kier alpha value is -1.51. The van der Waals surface area contributed by atoms with Gasteiger partial charge in [0, 0.05) is 5.71 Å². The average molecular weight is 189 g/mol. The van der Waals surface area contributed by atoms with E-state index in [0.717, 1.165) is 28.4 Å². The molecule has 0 atom stereocenters. The van der Waals surface area contributed by atoms with E-state index in [0.29, 0.717) is 0 Å². The third-order valence-electron chi connectivity index (χ3n) is 2.09. The number of hydrogen-bond donors (Lipinski definition) is 0. The van der Waals surface area contributed by atoms with Crippen LogP contribution >= 0.6 is 0 Å². The molecular weight excluding hydrogens is 174 g/mol. The van der Waals surface area contributed by atoms with Crippen LogP contribution < -0.4 is 0 Å². The van der Waals surface area contributed by atoms with Crippen LogP contribution in [0.4, 0.5) is 5.69 Å². The molecule has 1 aromatic rings. The van der Waals surface area contributed by atoms with E-state index in [-0.39, 0.29) is 0 Å². The molecular formula is C11H15N3. The Bertz CT molecular complexity index is 371. The number of hydrogen-bond acceptors (Lipinski definition) is 3. The van der Waals surface area contributed by atoms with Gasteiger partial charge in [0.15, 0.2) is 0 Å². The summed E-state index contributed by atoms with van der Waals surface area (Å²) in [5.41, 5.74) is 4.54. The summed E-state index contributed by atoms with van der Waals surface area (Å²) < 4.78 is 0. The van der Waals surface area contributed by atoms with E-state index in [2.05, 4.69) is 21.5 Å². The van der Waals surface area contributed by atoms with E-state index >= 15 is 0 Å². The van der Waals surface area contributed by atoms with Crippen molar-refractivity contribution in [3.63, 3.8) is 0 Å². The van der Waals surface area contributed by atoms with Crippen molar-refractivity contribution in [3.05, 3.63) is 29.9 Å². The monoisotopic (exact) mass is 189 g/mol. The van der Waals surface area contributed by atoms with E-state index in [1.807, 2.05) is 27.7 Å². The van der Waals surface area contributed by atoms with Crippen LogP contribution in [-0.2, 0) is 0 Å². The van der Waals surface area contributed by atoms with Gasteiger partial charge in [-0.25, -0.2) is 15.0 Å². The van der Waals surface area contributed by atoms with Crippen molar-refractivity contribution in [2.75, 3.05) is 0 Å². The number of nitrogens with zero attached hydrogens (tertiary/aromatic N) is 3. The molecule has 1 rings (SSSR count). The topological polar surface area (TPSA) is 38.1 Å². The number of aromatic nitrogens is 2. The fourth-order valence-corrected chi connectivity index (χ4v) is 1.01. The SMILES string of the molecule is C=C(C)/C(C)=N/c1c(C)ncnc1C. The predicted octanol–water partition coefficient (Wildman–Crippen LogP) is 2.76. The first-order valence-corrected chi connectivity index (χ1v) is 4.51. The van der Waals surface area contributed by atoms with Gasteiger partial charge in [-0.1, -0.05) is 6.58 Å². The molecule has 0 bridgehead atoms. The molecule has 0 spiro atoms. The normalized spacial score (nSPS) is 11.6. The minimum absolute atomic E-state index is 0.855. The molecule has 0 aliphatic heterocycles. The summed E-state index contributed by atoms with van der Waals surface area (Å²) in [5.74, 6) is 0. The lowest BCUT2D eigenvalue weighted by molar-refractivity contribution is 1.05. The van der Waals surface area contributed by atoms with Gasteiger partial charge in [0.25, 0.3) is 0 Å². The summed E-state index contributed by atoms with van der Waals surface area (Å²) in [6, 6.07) is 0. The Morgan fingerprint density at radius 2 is 1.71 bits per heavy atom. The summed E-state index contributed by atoms with van der Waals surface area (Å²) in [7, 11) is 0. The van der Waals surface area contributed by atoms with E-state index in [1.54, 1.807) is 6.33 Å². The standard InChI is InChI=1S/C11H15N3/c1-7(2)8(3)14-11-9(4)12-6-13-10(11)5/h6H,1H2,2-5H3/b14-8+. The van der Waals surface area contributed by atoms with Crippen molar-refractivity contribution in [1.82, 2.24) is 9.97 Å². The summed E-state index contributed by atoms with van der Waals surface area (Å²) in [6.45, 7) is 11.6. The first-order valence-electron chi connectivity index (χ1n) is 4.51. The zero-order chi connectivity index (χ0) is 10.7. The van der Waals surface area contributed by atoms with Crippen molar-refractivity contribution >= 4 is 11.4 Å². The van der Waals surface area contributed by atoms with Crippen molar-refractivity contribution in [2.45, 2.75) is 27.7 Å². The Labute approximate surface area is 84.6 Å². The third kappa shape index (κ3) is 2.25. The van der Waals surface area contributed by atoms with Crippen molar-refractivity contribution in [3.8, 4) is 0 Å². The molecule has 3 heteroatoms. The van der Waals surface area contributed by atoms with Gasteiger partial charge in [-0.2, -0.15) is 0 Å². The summed E-state index contributed by atoms with van der Waals surface area (Å²) >= 11 is 0. The van der Waals surface area contributed by atoms with E-state index in [9.17, 15) is 0 Å². The highest BCUT2D eigenvalue weighted by molar-refractivity contribution is 5.98. The minimum atomic E-state index is 0.855. The van der Waals surface area contributed by atoms with Gasteiger partial charge in [-0.15, -0.1) is 0 Å². The Morgan fingerprint density at radius 1 is 1.21 bits per heavy atom. The molecule has 0 unspecified atom stereocenters. The van der Waals surface area contributed by atoms with Crippen LogP contribution in [0.3, 0.4) is 0 Å². The largest absolute Gasteiger partial charge is 0.250 e.